The summed E-state index contributed by atoms with van der Waals surface area (Å²) in [5.41, 5.74) is -1.13. The second-order valence-corrected chi connectivity index (χ2v) is 7.21. The molecule has 0 unspecified atom stereocenters. The molecule has 22 heavy (non-hydrogen) atoms. The summed E-state index contributed by atoms with van der Waals surface area (Å²) in [6.45, 7) is 7.33. The van der Waals surface area contributed by atoms with E-state index in [0.717, 1.165) is 18.4 Å². The first-order valence-electron chi connectivity index (χ1n) is 7.58. The fraction of sp³-hybridized carbons (Fsp3) is 0.625. The van der Waals surface area contributed by atoms with E-state index in [0.29, 0.717) is 0 Å². The topological polar surface area (TPSA) is 18.5 Å². The monoisotopic (exact) mass is 312 g/mol. The molecule has 120 valence electrons. The maximum atomic E-state index is 13.4. The van der Waals surface area contributed by atoms with E-state index in [1.54, 1.807) is 6.07 Å². The lowest BCUT2D eigenvalue weighted by Crippen LogP contribution is -2.41. The van der Waals surface area contributed by atoms with E-state index < -0.39 is 30.1 Å². The minimum atomic E-state index is -4.41. The van der Waals surface area contributed by atoms with Gasteiger partial charge in [0.1, 0.15) is 0 Å². The third kappa shape index (κ3) is 2.67. The van der Waals surface area contributed by atoms with Crippen LogP contribution in [0.3, 0.4) is 0 Å². The quantitative estimate of drug-likeness (QED) is 0.772. The summed E-state index contributed by atoms with van der Waals surface area (Å²) >= 11 is 0. The Labute approximate surface area is 129 Å². The van der Waals surface area contributed by atoms with E-state index in [2.05, 4.69) is 0 Å². The highest BCUT2D eigenvalue weighted by Gasteiger charge is 2.53. The first kappa shape index (κ1) is 15.9. The van der Waals surface area contributed by atoms with E-state index >= 15 is 0 Å². The van der Waals surface area contributed by atoms with Crippen LogP contribution in [0.5, 0.6) is 0 Å². The molecular weight excluding hydrogens is 292 g/mol. The standard InChI is InChI=1S/C16H20BF3O2/c1-14(2)15(3,4)22-17(21-14)13-8-7-11(10-5-6-10)9-12(13)16(18,19)20/h7-10H,5-6H2,1-4H3. The number of benzene rings is 1. The van der Waals surface area contributed by atoms with Gasteiger partial charge in [0.25, 0.3) is 0 Å². The first-order valence-corrected chi connectivity index (χ1v) is 7.58. The number of halogens is 3. The third-order valence-corrected chi connectivity index (χ3v) is 4.94. The van der Waals surface area contributed by atoms with Gasteiger partial charge in [-0.3, -0.25) is 0 Å². The molecule has 2 fully saturated rings. The Balaban J connectivity index is 2.00. The molecule has 0 aromatic heterocycles. The van der Waals surface area contributed by atoms with Crippen molar-refractivity contribution in [1.82, 2.24) is 0 Å². The van der Waals surface area contributed by atoms with Crippen LogP contribution in [0.2, 0.25) is 0 Å². The summed E-state index contributed by atoms with van der Waals surface area (Å²) < 4.78 is 51.9. The summed E-state index contributed by atoms with van der Waals surface area (Å²) in [5.74, 6) is 0.272. The van der Waals surface area contributed by atoms with Crippen molar-refractivity contribution >= 4 is 12.6 Å². The molecule has 3 rings (SSSR count). The van der Waals surface area contributed by atoms with Crippen LogP contribution < -0.4 is 5.46 Å². The van der Waals surface area contributed by atoms with E-state index in [1.807, 2.05) is 27.7 Å². The maximum Gasteiger partial charge on any atom is 0.495 e. The number of rotatable bonds is 2. The van der Waals surface area contributed by atoms with Gasteiger partial charge in [-0.15, -0.1) is 0 Å². The van der Waals surface area contributed by atoms with Crippen LogP contribution >= 0.6 is 0 Å². The predicted molar refractivity (Wildman–Crippen MR) is 79.1 cm³/mol. The van der Waals surface area contributed by atoms with Crippen LogP contribution in [0.1, 0.15) is 57.6 Å². The molecule has 0 amide bonds. The fourth-order valence-corrected chi connectivity index (χ4v) is 2.67. The molecule has 2 aliphatic rings. The average Bonchev–Trinajstić information content (AvgIpc) is 3.16. The second-order valence-electron chi connectivity index (χ2n) is 7.21. The molecule has 0 spiro atoms. The normalized spacial score (nSPS) is 23.9. The fourth-order valence-electron chi connectivity index (χ4n) is 2.67. The number of hydrogen-bond acceptors (Lipinski definition) is 2. The van der Waals surface area contributed by atoms with E-state index in [9.17, 15) is 13.2 Å². The largest absolute Gasteiger partial charge is 0.495 e. The average molecular weight is 312 g/mol. The zero-order chi connectivity index (χ0) is 16.3. The zero-order valence-corrected chi connectivity index (χ0v) is 13.3. The van der Waals surface area contributed by atoms with Gasteiger partial charge in [-0.1, -0.05) is 12.1 Å². The summed E-state index contributed by atoms with van der Waals surface area (Å²) in [6.07, 6.45) is -2.48. The lowest BCUT2D eigenvalue weighted by molar-refractivity contribution is -0.136. The van der Waals surface area contributed by atoms with Crippen LogP contribution in [-0.2, 0) is 15.5 Å². The van der Waals surface area contributed by atoms with Crippen molar-refractivity contribution in [2.24, 2.45) is 0 Å². The Morgan fingerprint density at radius 3 is 2.05 bits per heavy atom. The van der Waals surface area contributed by atoms with E-state index in [-0.39, 0.29) is 11.4 Å². The Hall–Kier alpha value is -1.01. The van der Waals surface area contributed by atoms with E-state index in [4.69, 9.17) is 9.31 Å². The van der Waals surface area contributed by atoms with Gasteiger partial charge < -0.3 is 9.31 Å². The molecule has 0 N–H and O–H groups in total. The lowest BCUT2D eigenvalue weighted by atomic mass is 9.75. The van der Waals surface area contributed by atoms with Crippen molar-refractivity contribution in [2.75, 3.05) is 0 Å². The smallest absolute Gasteiger partial charge is 0.399 e. The van der Waals surface area contributed by atoms with Crippen LogP contribution in [0.15, 0.2) is 18.2 Å². The SMILES string of the molecule is CC1(C)OB(c2ccc(C3CC3)cc2C(F)(F)F)OC1(C)C. The Kier molecular flexibility index (Phi) is 3.42. The van der Waals surface area contributed by atoms with E-state index in [1.165, 1.54) is 12.1 Å². The highest BCUT2D eigenvalue weighted by molar-refractivity contribution is 6.62. The Morgan fingerprint density at radius 1 is 1.05 bits per heavy atom. The predicted octanol–water partition coefficient (Wildman–Crippen LogP) is 3.88. The van der Waals surface area contributed by atoms with Gasteiger partial charge in [0.2, 0.25) is 0 Å². The van der Waals surface area contributed by atoms with Crippen molar-refractivity contribution in [2.45, 2.75) is 63.8 Å². The molecular formula is C16H20BF3O2. The molecule has 6 heteroatoms. The molecule has 0 atom stereocenters. The summed E-state index contributed by atoms with van der Waals surface area (Å²) in [6, 6.07) is 4.55. The maximum absolute atomic E-state index is 13.4. The minimum absolute atomic E-state index is 0.0653. The van der Waals surface area contributed by atoms with Crippen molar-refractivity contribution in [3.05, 3.63) is 29.3 Å². The molecule has 1 saturated carbocycles. The molecule has 1 aliphatic heterocycles. The number of hydrogen-bond donors (Lipinski definition) is 0. The van der Waals surface area contributed by atoms with Crippen molar-refractivity contribution in [3.8, 4) is 0 Å². The van der Waals surface area contributed by atoms with Crippen molar-refractivity contribution < 1.29 is 22.5 Å². The summed E-state index contributed by atoms with van der Waals surface area (Å²) in [5, 5.41) is 0. The van der Waals surface area contributed by atoms with Gasteiger partial charge in [-0.25, -0.2) is 0 Å². The summed E-state index contributed by atoms with van der Waals surface area (Å²) in [7, 11) is -0.991. The van der Waals surface area contributed by atoms with Gasteiger partial charge in [0.05, 0.1) is 16.8 Å². The van der Waals surface area contributed by atoms with Crippen LogP contribution in [-0.4, -0.2) is 18.3 Å². The molecule has 0 radical (unpaired) electrons. The van der Waals surface area contributed by atoms with Crippen molar-refractivity contribution in [3.63, 3.8) is 0 Å². The Morgan fingerprint density at radius 2 is 1.59 bits per heavy atom. The van der Waals surface area contributed by atoms with Gasteiger partial charge in [0.15, 0.2) is 0 Å². The highest BCUT2D eigenvalue weighted by atomic mass is 19.4. The first-order chi connectivity index (χ1) is 10.0. The molecule has 0 bridgehead atoms. The minimum Gasteiger partial charge on any atom is -0.399 e. The molecule has 1 aromatic rings. The molecule has 2 nitrogen and oxygen atoms in total. The molecule has 1 aromatic carbocycles. The Bertz CT molecular complexity index is 576. The summed E-state index contributed by atoms with van der Waals surface area (Å²) in [4.78, 5) is 0. The van der Waals surface area contributed by atoms with Gasteiger partial charge in [-0.2, -0.15) is 13.2 Å². The van der Waals surface area contributed by atoms with Crippen LogP contribution in [0, 0.1) is 0 Å². The third-order valence-electron chi connectivity index (χ3n) is 4.94. The van der Waals surface area contributed by atoms with Crippen molar-refractivity contribution in [1.29, 1.82) is 0 Å². The highest BCUT2D eigenvalue weighted by Crippen LogP contribution is 2.42. The van der Waals surface area contributed by atoms with Crippen LogP contribution in [0.4, 0.5) is 13.2 Å². The zero-order valence-electron chi connectivity index (χ0n) is 13.3. The van der Waals surface area contributed by atoms with Crippen LogP contribution in [0.25, 0.3) is 0 Å². The van der Waals surface area contributed by atoms with Gasteiger partial charge in [0, 0.05) is 0 Å². The molecule has 1 aliphatic carbocycles. The molecule has 1 heterocycles. The molecule has 1 saturated heterocycles. The second kappa shape index (κ2) is 4.74. The van der Waals surface area contributed by atoms with Gasteiger partial charge >= 0.3 is 13.3 Å². The lowest BCUT2D eigenvalue weighted by Gasteiger charge is -2.32. The number of alkyl halides is 3. The van der Waals surface area contributed by atoms with Gasteiger partial charge in [-0.05, 0) is 63.5 Å².